The van der Waals surface area contributed by atoms with Gasteiger partial charge in [-0.1, -0.05) is 12.8 Å². The van der Waals surface area contributed by atoms with Crippen LogP contribution in [0.4, 0.5) is 0 Å². The van der Waals surface area contributed by atoms with E-state index in [4.69, 9.17) is 4.74 Å². The maximum atomic E-state index is 10.7. The summed E-state index contributed by atoms with van der Waals surface area (Å²) in [5.41, 5.74) is 2.07. The maximum absolute atomic E-state index is 10.7. The Hall–Kier alpha value is -1.12. The van der Waals surface area contributed by atoms with Gasteiger partial charge in [-0.15, -0.1) is 0 Å². The van der Waals surface area contributed by atoms with E-state index in [0.29, 0.717) is 5.92 Å². The first-order chi connectivity index (χ1) is 9.70. The zero-order chi connectivity index (χ0) is 14.2. The lowest BCUT2D eigenvalue weighted by Crippen LogP contribution is -2.06. The van der Waals surface area contributed by atoms with Gasteiger partial charge in [0, 0.05) is 0 Å². The van der Waals surface area contributed by atoms with Crippen LogP contribution < -0.4 is 4.74 Å². The van der Waals surface area contributed by atoms with Gasteiger partial charge in [0.15, 0.2) is 0 Å². The molecule has 0 N–H and O–H groups in total. The molecule has 0 spiro atoms. The average molecular weight is 336 g/mol. The fraction of sp³-hybridized carbons (Fsp3) is 0.562. The Bertz CT molecular complexity index is 568. The molecule has 0 amide bonds. The van der Waals surface area contributed by atoms with E-state index in [9.17, 15) is 4.79 Å². The van der Waals surface area contributed by atoms with Crippen molar-refractivity contribution in [2.45, 2.75) is 50.0 Å². The van der Waals surface area contributed by atoms with Gasteiger partial charge >= 0.3 is 0 Å². The van der Waals surface area contributed by atoms with E-state index in [0.717, 1.165) is 28.6 Å². The molecule has 0 bridgehead atoms. The molecule has 0 unspecified atom stereocenters. The number of rotatable bonds is 4. The van der Waals surface area contributed by atoms with E-state index >= 15 is 0 Å². The standard InChI is InChI=1S/C16H18BrNO2/c1-20-15-13(11-4-2-3-5-11)8-12(9-14(15)17)16(6-7-16)18-10-19/h8-9,11H,2-7H2,1H3. The van der Waals surface area contributed by atoms with Crippen molar-refractivity contribution in [2.75, 3.05) is 7.11 Å². The van der Waals surface area contributed by atoms with E-state index in [1.165, 1.54) is 31.2 Å². The van der Waals surface area contributed by atoms with E-state index in [-0.39, 0.29) is 5.54 Å². The van der Waals surface area contributed by atoms with E-state index in [1.807, 2.05) is 6.07 Å². The van der Waals surface area contributed by atoms with Gasteiger partial charge in [-0.25, -0.2) is 4.79 Å². The Morgan fingerprint density at radius 1 is 1.35 bits per heavy atom. The highest BCUT2D eigenvalue weighted by Gasteiger charge is 2.45. The number of nitrogens with zero attached hydrogens (tertiary/aromatic N) is 1. The normalized spacial score (nSPS) is 20.5. The summed E-state index contributed by atoms with van der Waals surface area (Å²) in [4.78, 5) is 14.7. The van der Waals surface area contributed by atoms with Gasteiger partial charge in [0.2, 0.25) is 6.08 Å². The van der Waals surface area contributed by atoms with Crippen molar-refractivity contribution in [1.29, 1.82) is 0 Å². The van der Waals surface area contributed by atoms with Gasteiger partial charge in [-0.05, 0) is 70.8 Å². The van der Waals surface area contributed by atoms with Crippen LogP contribution in [0.3, 0.4) is 0 Å². The van der Waals surface area contributed by atoms with Crippen LogP contribution in [0, 0.1) is 0 Å². The zero-order valence-electron chi connectivity index (χ0n) is 11.6. The second-order valence-corrected chi connectivity index (χ2v) is 6.65. The number of benzene rings is 1. The first kappa shape index (κ1) is 13.8. The Morgan fingerprint density at radius 3 is 2.60 bits per heavy atom. The minimum absolute atomic E-state index is 0.316. The third-order valence-electron chi connectivity index (χ3n) is 4.59. The highest BCUT2D eigenvalue weighted by atomic mass is 79.9. The summed E-state index contributed by atoms with van der Waals surface area (Å²) in [6.07, 6.45) is 8.61. The molecular weight excluding hydrogens is 318 g/mol. The topological polar surface area (TPSA) is 38.7 Å². The Labute approximate surface area is 127 Å². The van der Waals surface area contributed by atoms with Crippen LogP contribution in [0.15, 0.2) is 21.6 Å². The molecule has 2 aliphatic rings. The summed E-state index contributed by atoms with van der Waals surface area (Å²) in [6.45, 7) is 0. The van der Waals surface area contributed by atoms with E-state index in [1.54, 1.807) is 13.2 Å². The third-order valence-corrected chi connectivity index (χ3v) is 5.18. The number of carbonyl (C=O) groups excluding carboxylic acids is 1. The van der Waals surface area contributed by atoms with Crippen molar-refractivity contribution in [3.8, 4) is 5.75 Å². The lowest BCUT2D eigenvalue weighted by atomic mass is 9.92. The van der Waals surface area contributed by atoms with Crippen LogP contribution in [0.25, 0.3) is 0 Å². The molecule has 0 saturated heterocycles. The number of methoxy groups -OCH3 is 1. The molecule has 0 heterocycles. The van der Waals surface area contributed by atoms with Crippen LogP contribution in [0.5, 0.6) is 5.75 Å². The fourth-order valence-electron chi connectivity index (χ4n) is 3.31. The molecule has 20 heavy (non-hydrogen) atoms. The summed E-state index contributed by atoms with van der Waals surface area (Å²) in [5.74, 6) is 1.50. The minimum atomic E-state index is -0.316. The molecule has 0 aromatic heterocycles. The Balaban J connectivity index is 2.07. The second kappa shape index (κ2) is 5.34. The van der Waals surface area contributed by atoms with Crippen LogP contribution in [0.1, 0.15) is 55.6 Å². The highest BCUT2D eigenvalue weighted by Crippen LogP contribution is 2.52. The van der Waals surface area contributed by atoms with Crippen LogP contribution >= 0.6 is 15.9 Å². The lowest BCUT2D eigenvalue weighted by Gasteiger charge is -2.19. The molecule has 2 fully saturated rings. The molecule has 1 aromatic carbocycles. The van der Waals surface area contributed by atoms with Crippen molar-refractivity contribution >= 4 is 22.0 Å². The average Bonchev–Trinajstić information content (AvgIpc) is 3.03. The summed E-state index contributed by atoms with van der Waals surface area (Å²) < 4.78 is 6.55. The van der Waals surface area contributed by atoms with Crippen molar-refractivity contribution in [2.24, 2.45) is 4.99 Å². The number of aliphatic imine (C=N–C) groups is 1. The van der Waals surface area contributed by atoms with Crippen molar-refractivity contribution < 1.29 is 9.53 Å². The van der Waals surface area contributed by atoms with Gasteiger partial charge in [0.05, 0.1) is 17.1 Å². The summed E-state index contributed by atoms with van der Waals surface area (Å²) in [7, 11) is 1.72. The quantitative estimate of drug-likeness (QED) is 0.602. The van der Waals surface area contributed by atoms with E-state index in [2.05, 4.69) is 27.0 Å². The maximum Gasteiger partial charge on any atom is 0.235 e. The highest BCUT2D eigenvalue weighted by molar-refractivity contribution is 9.10. The molecular formula is C16H18BrNO2. The van der Waals surface area contributed by atoms with Gasteiger partial charge in [-0.2, -0.15) is 4.99 Å². The van der Waals surface area contributed by atoms with Crippen LogP contribution in [0.2, 0.25) is 0 Å². The third kappa shape index (κ3) is 2.32. The molecule has 3 nitrogen and oxygen atoms in total. The monoisotopic (exact) mass is 335 g/mol. The van der Waals surface area contributed by atoms with E-state index < -0.39 is 0 Å². The molecule has 3 rings (SSSR count). The Kier molecular flexibility index (Phi) is 3.70. The smallest absolute Gasteiger partial charge is 0.235 e. The molecule has 106 valence electrons. The molecule has 0 radical (unpaired) electrons. The number of halogens is 1. The predicted octanol–water partition coefficient (Wildman–Crippen LogP) is 4.44. The molecule has 4 heteroatoms. The van der Waals surface area contributed by atoms with Gasteiger partial charge < -0.3 is 4.74 Å². The minimum Gasteiger partial charge on any atom is -0.495 e. The number of ether oxygens (including phenoxy) is 1. The molecule has 2 aliphatic carbocycles. The van der Waals surface area contributed by atoms with Gasteiger partial charge in [-0.3, -0.25) is 0 Å². The SMILES string of the molecule is COc1c(Br)cc(C2(N=C=O)CC2)cc1C1CCCC1. The summed E-state index contributed by atoms with van der Waals surface area (Å²) >= 11 is 3.61. The first-order valence-electron chi connectivity index (χ1n) is 7.17. The first-order valence-corrected chi connectivity index (χ1v) is 7.96. The summed E-state index contributed by atoms with van der Waals surface area (Å²) in [6, 6.07) is 4.25. The van der Waals surface area contributed by atoms with Crippen molar-refractivity contribution in [3.05, 3.63) is 27.7 Å². The fourth-order valence-corrected chi connectivity index (χ4v) is 3.95. The largest absolute Gasteiger partial charge is 0.495 e. The number of hydrogen-bond acceptors (Lipinski definition) is 3. The van der Waals surface area contributed by atoms with Gasteiger partial charge in [0.25, 0.3) is 0 Å². The molecule has 0 atom stereocenters. The molecule has 2 saturated carbocycles. The number of hydrogen-bond donors (Lipinski definition) is 0. The number of isocyanates is 1. The predicted molar refractivity (Wildman–Crippen MR) is 80.9 cm³/mol. The van der Waals surface area contributed by atoms with Crippen molar-refractivity contribution in [3.63, 3.8) is 0 Å². The zero-order valence-corrected chi connectivity index (χ0v) is 13.2. The second-order valence-electron chi connectivity index (χ2n) is 5.80. The Morgan fingerprint density at radius 2 is 2.05 bits per heavy atom. The van der Waals surface area contributed by atoms with Crippen molar-refractivity contribution in [1.82, 2.24) is 0 Å². The van der Waals surface area contributed by atoms with Crippen LogP contribution in [-0.4, -0.2) is 13.2 Å². The van der Waals surface area contributed by atoms with Gasteiger partial charge in [0.1, 0.15) is 5.75 Å². The molecule has 0 aliphatic heterocycles. The van der Waals surface area contributed by atoms with Crippen LogP contribution in [-0.2, 0) is 10.3 Å². The molecule has 1 aromatic rings. The summed E-state index contributed by atoms with van der Waals surface area (Å²) in [5, 5.41) is 0. The lowest BCUT2D eigenvalue weighted by molar-refractivity contribution is 0.402.